The molecule has 1 rings (SSSR count). The highest BCUT2D eigenvalue weighted by Crippen LogP contribution is 2.12. The molecule has 0 spiro atoms. The van der Waals surface area contributed by atoms with Crippen molar-refractivity contribution in [3.05, 3.63) is 29.8 Å². The van der Waals surface area contributed by atoms with Crippen LogP contribution in [0.1, 0.15) is 5.56 Å². The molecule has 90 valence electrons. The third kappa shape index (κ3) is 4.38. The molecule has 4 nitrogen and oxygen atoms in total. The third-order valence-corrected chi connectivity index (χ3v) is 3.54. The number of hydrogen-bond acceptors (Lipinski definition) is 4. The second-order valence-corrected chi connectivity index (χ2v) is 5.31. The van der Waals surface area contributed by atoms with Gasteiger partial charge in [0.05, 0.1) is 13.7 Å². The molecule has 0 heterocycles. The summed E-state index contributed by atoms with van der Waals surface area (Å²) >= 11 is 5.19. The molecule has 1 aromatic rings. The number of alkyl halides is 1. The first-order chi connectivity index (χ1) is 7.57. The zero-order valence-corrected chi connectivity index (χ0v) is 10.4. The summed E-state index contributed by atoms with van der Waals surface area (Å²) in [7, 11) is -1.97. The lowest BCUT2D eigenvalue weighted by atomic mass is 10.1. The van der Waals surface area contributed by atoms with Gasteiger partial charge in [-0.3, -0.25) is 4.18 Å². The summed E-state index contributed by atoms with van der Waals surface area (Å²) in [6.45, 7) is 0.0986. The molecule has 0 aliphatic carbocycles. The molecule has 0 fully saturated rings. The van der Waals surface area contributed by atoms with E-state index in [1.54, 1.807) is 7.11 Å². The Bertz CT molecular complexity index is 413. The number of hydrogen-bond donors (Lipinski definition) is 0. The maximum absolute atomic E-state index is 10.9. The minimum Gasteiger partial charge on any atom is -0.497 e. The van der Waals surface area contributed by atoms with Gasteiger partial charge in [-0.15, -0.1) is 11.6 Å². The predicted octanol–water partition coefficient (Wildman–Crippen LogP) is 1.78. The molecule has 0 bridgehead atoms. The van der Waals surface area contributed by atoms with Crippen molar-refractivity contribution in [1.29, 1.82) is 0 Å². The second-order valence-electron chi connectivity index (χ2n) is 3.09. The minimum absolute atomic E-state index is 0.0986. The van der Waals surface area contributed by atoms with Crippen LogP contribution >= 0.6 is 11.6 Å². The lowest BCUT2D eigenvalue weighted by Crippen LogP contribution is -2.09. The first-order valence-corrected chi connectivity index (χ1v) is 6.74. The van der Waals surface area contributed by atoms with Gasteiger partial charge in [-0.2, -0.15) is 8.42 Å². The summed E-state index contributed by atoms with van der Waals surface area (Å²) in [5, 5.41) is -0.518. The molecule has 0 unspecified atom stereocenters. The number of ether oxygens (including phenoxy) is 1. The van der Waals surface area contributed by atoms with Crippen molar-refractivity contribution in [1.82, 2.24) is 0 Å². The highest BCUT2D eigenvalue weighted by molar-refractivity contribution is 7.87. The normalized spacial score (nSPS) is 11.4. The van der Waals surface area contributed by atoms with Crippen molar-refractivity contribution in [3.63, 3.8) is 0 Å². The van der Waals surface area contributed by atoms with Crippen molar-refractivity contribution in [2.75, 3.05) is 18.9 Å². The van der Waals surface area contributed by atoms with Crippen molar-refractivity contribution < 1.29 is 17.3 Å². The van der Waals surface area contributed by atoms with E-state index in [-0.39, 0.29) is 6.61 Å². The Labute approximate surface area is 100 Å². The zero-order valence-electron chi connectivity index (χ0n) is 8.85. The second kappa shape index (κ2) is 6.08. The summed E-state index contributed by atoms with van der Waals surface area (Å²) in [4.78, 5) is 0. The van der Waals surface area contributed by atoms with Crippen LogP contribution in [0.4, 0.5) is 0 Å². The van der Waals surface area contributed by atoms with Crippen LogP contribution in [0, 0.1) is 0 Å². The molecule has 0 aromatic heterocycles. The quantitative estimate of drug-likeness (QED) is 0.581. The van der Waals surface area contributed by atoms with E-state index in [0.29, 0.717) is 6.42 Å². The van der Waals surface area contributed by atoms with Gasteiger partial charge < -0.3 is 4.74 Å². The third-order valence-electron chi connectivity index (χ3n) is 1.95. The van der Waals surface area contributed by atoms with E-state index in [2.05, 4.69) is 4.18 Å². The van der Waals surface area contributed by atoms with Crippen LogP contribution in [0.2, 0.25) is 0 Å². The van der Waals surface area contributed by atoms with Crippen LogP contribution in [0.15, 0.2) is 24.3 Å². The van der Waals surface area contributed by atoms with Gasteiger partial charge in [0.15, 0.2) is 0 Å². The standard InChI is InChI=1S/C10H13ClO4S/c1-14-10-4-2-9(3-5-10)6-7-15-16(12,13)8-11/h2-5H,6-8H2,1H3. The van der Waals surface area contributed by atoms with Crippen molar-refractivity contribution in [3.8, 4) is 5.75 Å². The van der Waals surface area contributed by atoms with Gasteiger partial charge in [-0.05, 0) is 24.1 Å². The molecule has 6 heteroatoms. The molecule has 0 radical (unpaired) electrons. The average molecular weight is 265 g/mol. The highest BCUT2D eigenvalue weighted by Gasteiger charge is 2.08. The Kier molecular flexibility index (Phi) is 5.05. The molecule has 1 aromatic carbocycles. The van der Waals surface area contributed by atoms with Crippen molar-refractivity contribution in [2.24, 2.45) is 0 Å². The maximum atomic E-state index is 10.9. The molecule has 0 saturated carbocycles. The smallest absolute Gasteiger partial charge is 0.281 e. The monoisotopic (exact) mass is 264 g/mol. The molecule has 0 amide bonds. The van der Waals surface area contributed by atoms with Gasteiger partial charge in [-0.25, -0.2) is 0 Å². The van der Waals surface area contributed by atoms with E-state index in [1.165, 1.54) is 0 Å². The Balaban J connectivity index is 2.43. The first-order valence-electron chi connectivity index (χ1n) is 4.63. The summed E-state index contributed by atoms with van der Waals surface area (Å²) in [6.07, 6.45) is 0.514. The largest absolute Gasteiger partial charge is 0.497 e. The van der Waals surface area contributed by atoms with Crippen molar-refractivity contribution >= 4 is 21.7 Å². The Hall–Kier alpha value is -0.780. The average Bonchev–Trinajstić information content (AvgIpc) is 2.30. The Morgan fingerprint density at radius 1 is 1.25 bits per heavy atom. The van der Waals surface area contributed by atoms with E-state index in [9.17, 15) is 8.42 Å². The summed E-state index contributed by atoms with van der Waals surface area (Å²) in [5.74, 6) is 0.762. The van der Waals surface area contributed by atoms with Crippen LogP contribution in [-0.2, 0) is 20.7 Å². The first kappa shape index (κ1) is 13.3. The van der Waals surface area contributed by atoms with Crippen molar-refractivity contribution in [2.45, 2.75) is 6.42 Å². The molecule has 0 saturated heterocycles. The van der Waals surface area contributed by atoms with Gasteiger partial charge in [0.2, 0.25) is 0 Å². The molecular formula is C10H13ClO4S. The van der Waals surface area contributed by atoms with Crippen LogP contribution in [0.25, 0.3) is 0 Å². The van der Waals surface area contributed by atoms with Gasteiger partial charge in [0.25, 0.3) is 10.1 Å². The van der Waals surface area contributed by atoms with Gasteiger partial charge >= 0.3 is 0 Å². The van der Waals surface area contributed by atoms with Crippen LogP contribution in [0.3, 0.4) is 0 Å². The minimum atomic E-state index is -3.56. The molecule has 16 heavy (non-hydrogen) atoms. The lowest BCUT2D eigenvalue weighted by Gasteiger charge is -2.04. The van der Waals surface area contributed by atoms with E-state index in [4.69, 9.17) is 16.3 Å². The number of benzene rings is 1. The topological polar surface area (TPSA) is 52.6 Å². The summed E-state index contributed by atoms with van der Waals surface area (Å²) in [6, 6.07) is 7.34. The molecule has 0 atom stereocenters. The Morgan fingerprint density at radius 3 is 2.38 bits per heavy atom. The number of halogens is 1. The van der Waals surface area contributed by atoms with Crippen LogP contribution in [-0.4, -0.2) is 27.3 Å². The van der Waals surface area contributed by atoms with E-state index >= 15 is 0 Å². The van der Waals surface area contributed by atoms with Gasteiger partial charge in [0, 0.05) is 0 Å². The molecular weight excluding hydrogens is 252 g/mol. The fourth-order valence-electron chi connectivity index (χ4n) is 1.11. The SMILES string of the molecule is COc1ccc(CCOS(=O)(=O)CCl)cc1. The fraction of sp³-hybridized carbons (Fsp3) is 0.400. The predicted molar refractivity (Wildman–Crippen MR) is 62.3 cm³/mol. The maximum Gasteiger partial charge on any atom is 0.281 e. The molecule has 0 aliphatic heterocycles. The van der Waals surface area contributed by atoms with Crippen LogP contribution in [0.5, 0.6) is 5.75 Å². The zero-order chi connectivity index (χ0) is 12.0. The van der Waals surface area contributed by atoms with Gasteiger partial charge in [-0.1, -0.05) is 12.1 Å². The van der Waals surface area contributed by atoms with E-state index < -0.39 is 15.3 Å². The highest BCUT2D eigenvalue weighted by atomic mass is 35.5. The molecule has 0 N–H and O–H groups in total. The lowest BCUT2D eigenvalue weighted by molar-refractivity contribution is 0.325. The fourth-order valence-corrected chi connectivity index (χ4v) is 1.70. The van der Waals surface area contributed by atoms with E-state index in [1.807, 2.05) is 24.3 Å². The number of methoxy groups -OCH3 is 1. The van der Waals surface area contributed by atoms with E-state index in [0.717, 1.165) is 11.3 Å². The Morgan fingerprint density at radius 2 is 1.88 bits per heavy atom. The number of rotatable bonds is 6. The summed E-state index contributed by atoms with van der Waals surface area (Å²) in [5.41, 5.74) is 0.977. The summed E-state index contributed by atoms with van der Waals surface area (Å²) < 4.78 is 31.5. The van der Waals surface area contributed by atoms with Crippen LogP contribution < -0.4 is 4.74 Å². The molecule has 0 aliphatic rings. The van der Waals surface area contributed by atoms with Gasteiger partial charge in [0.1, 0.15) is 11.0 Å².